The molecule has 2 heteroatoms. The molecule has 1 heterocycles. The average Bonchev–Trinajstić information content (AvgIpc) is 3.97. The van der Waals surface area contributed by atoms with Crippen LogP contribution in [0.3, 0.4) is 0 Å². The fourth-order valence-corrected chi connectivity index (χ4v) is 11.5. The standard InChI is InChI=1S/C65H48N2/c1-5-44(42-48(6-2)67-60-33-19-15-27-53(60)54-28-16-20-34-61(54)67)45-36-38-49(39-37-45)66(50-40-41-52-51-26-13-17-30-56(51)64(3,4)59(52)43-50)62-35-21-32-58-63(62)55-29-14-18-31-57(55)65(58,46-22-9-7-10-23-46)47-24-11-8-12-25-47/h1,6-43H,2-4H3/b44-42+,48-6+. The quantitative estimate of drug-likeness (QED) is 0.109. The van der Waals surface area contributed by atoms with Crippen LogP contribution in [-0.2, 0) is 10.8 Å². The zero-order valence-electron chi connectivity index (χ0n) is 37.9. The topological polar surface area (TPSA) is 8.17 Å². The Bertz CT molecular complexity index is 3580. The van der Waals surface area contributed by atoms with Gasteiger partial charge >= 0.3 is 0 Å². The Kier molecular flexibility index (Phi) is 9.38. The molecule has 12 rings (SSSR count). The molecule has 0 unspecified atom stereocenters. The lowest BCUT2D eigenvalue weighted by molar-refractivity contribution is 0.660. The maximum atomic E-state index is 6.44. The SMILES string of the molecule is C#C/C(=C\C(=C/C)n1c2ccccc2c2ccccc21)c1ccc(N(c2ccc3c(c2)C(C)(C)c2ccccc2-3)c2cccc3c2-c2ccccc2C3(c2ccccc2)c2ccccc2)cc1. The Morgan fingerprint density at radius 1 is 0.507 bits per heavy atom. The molecule has 67 heavy (non-hydrogen) atoms. The predicted octanol–water partition coefficient (Wildman–Crippen LogP) is 16.5. The second kappa shape index (κ2) is 15.7. The van der Waals surface area contributed by atoms with Gasteiger partial charge < -0.3 is 9.47 Å². The van der Waals surface area contributed by atoms with E-state index in [9.17, 15) is 0 Å². The fourth-order valence-electron chi connectivity index (χ4n) is 11.5. The van der Waals surface area contributed by atoms with Crippen molar-refractivity contribution >= 4 is 50.1 Å². The molecule has 318 valence electrons. The predicted molar refractivity (Wildman–Crippen MR) is 282 cm³/mol. The van der Waals surface area contributed by atoms with E-state index in [0.29, 0.717) is 0 Å². The first-order valence-electron chi connectivity index (χ1n) is 23.3. The summed E-state index contributed by atoms with van der Waals surface area (Å²) in [7, 11) is 0. The number of aromatic nitrogens is 1. The number of benzene rings is 9. The van der Waals surface area contributed by atoms with Crippen LogP contribution in [0.5, 0.6) is 0 Å². The molecular formula is C65H48N2. The van der Waals surface area contributed by atoms with Gasteiger partial charge in [-0.3, -0.25) is 0 Å². The zero-order valence-corrected chi connectivity index (χ0v) is 37.9. The lowest BCUT2D eigenvalue weighted by Gasteiger charge is -2.34. The summed E-state index contributed by atoms with van der Waals surface area (Å²) < 4.78 is 2.32. The largest absolute Gasteiger partial charge is 0.310 e. The van der Waals surface area contributed by atoms with Crippen molar-refractivity contribution in [3.63, 3.8) is 0 Å². The minimum absolute atomic E-state index is 0.175. The minimum atomic E-state index is -0.533. The Labute approximate surface area is 393 Å². The molecule has 0 saturated heterocycles. The van der Waals surface area contributed by atoms with E-state index >= 15 is 0 Å². The van der Waals surface area contributed by atoms with Gasteiger partial charge in [-0.15, -0.1) is 6.42 Å². The minimum Gasteiger partial charge on any atom is -0.310 e. The highest BCUT2D eigenvalue weighted by atomic mass is 15.1. The van der Waals surface area contributed by atoms with Crippen LogP contribution in [0.15, 0.2) is 231 Å². The van der Waals surface area contributed by atoms with Crippen molar-refractivity contribution < 1.29 is 0 Å². The molecule has 2 nitrogen and oxygen atoms in total. The van der Waals surface area contributed by atoms with Crippen LogP contribution in [0.4, 0.5) is 17.1 Å². The number of allylic oxidation sites excluding steroid dienone is 4. The summed E-state index contributed by atoms with van der Waals surface area (Å²) in [5.41, 5.74) is 20.5. The van der Waals surface area contributed by atoms with Crippen molar-refractivity contribution in [1.29, 1.82) is 0 Å². The van der Waals surface area contributed by atoms with E-state index in [1.54, 1.807) is 0 Å². The van der Waals surface area contributed by atoms with Crippen LogP contribution in [0.1, 0.15) is 59.7 Å². The number of hydrogen-bond acceptors (Lipinski definition) is 1. The van der Waals surface area contributed by atoms with Crippen molar-refractivity contribution in [2.75, 3.05) is 4.90 Å². The van der Waals surface area contributed by atoms with Crippen molar-refractivity contribution in [3.05, 3.63) is 269 Å². The third kappa shape index (κ3) is 5.98. The summed E-state index contributed by atoms with van der Waals surface area (Å²) >= 11 is 0. The normalized spacial score (nSPS) is 14.3. The molecule has 0 bridgehead atoms. The summed E-state index contributed by atoms with van der Waals surface area (Å²) in [6, 6.07) is 80.0. The number of anilines is 3. The lowest BCUT2D eigenvalue weighted by atomic mass is 9.68. The van der Waals surface area contributed by atoms with Gasteiger partial charge in [-0.05, 0) is 111 Å². The number of hydrogen-bond donors (Lipinski definition) is 0. The van der Waals surface area contributed by atoms with E-state index in [-0.39, 0.29) is 5.41 Å². The van der Waals surface area contributed by atoms with Gasteiger partial charge in [-0.25, -0.2) is 0 Å². The number of terminal acetylenes is 1. The van der Waals surface area contributed by atoms with Gasteiger partial charge in [-0.1, -0.05) is 202 Å². The van der Waals surface area contributed by atoms with E-state index in [1.165, 1.54) is 66.4 Å². The van der Waals surface area contributed by atoms with Gasteiger partial charge in [-0.2, -0.15) is 0 Å². The Morgan fingerprint density at radius 3 is 1.69 bits per heavy atom. The zero-order chi connectivity index (χ0) is 45.3. The van der Waals surface area contributed by atoms with Crippen LogP contribution < -0.4 is 4.90 Å². The van der Waals surface area contributed by atoms with Crippen molar-refractivity contribution in [2.45, 2.75) is 31.6 Å². The second-order valence-electron chi connectivity index (χ2n) is 18.3. The Balaban J connectivity index is 1.06. The molecule has 0 saturated carbocycles. The van der Waals surface area contributed by atoms with Crippen LogP contribution in [-0.4, -0.2) is 4.57 Å². The van der Waals surface area contributed by atoms with Gasteiger partial charge in [0.1, 0.15) is 0 Å². The third-order valence-electron chi connectivity index (χ3n) is 14.5. The number of nitrogens with zero attached hydrogens (tertiary/aromatic N) is 2. The molecule has 0 atom stereocenters. The first-order valence-corrected chi connectivity index (χ1v) is 23.3. The van der Waals surface area contributed by atoms with Gasteiger partial charge in [0.05, 0.1) is 22.1 Å². The molecule has 2 aliphatic rings. The Morgan fingerprint density at radius 2 is 1.04 bits per heavy atom. The Hall–Kier alpha value is -8.38. The highest BCUT2D eigenvalue weighted by Gasteiger charge is 2.47. The maximum Gasteiger partial charge on any atom is 0.0714 e. The second-order valence-corrected chi connectivity index (χ2v) is 18.3. The molecule has 10 aromatic rings. The van der Waals surface area contributed by atoms with Crippen LogP contribution in [0.2, 0.25) is 0 Å². The first kappa shape index (κ1) is 40.2. The molecule has 0 radical (unpaired) electrons. The summed E-state index contributed by atoms with van der Waals surface area (Å²) in [5.74, 6) is 3.08. The van der Waals surface area contributed by atoms with E-state index in [4.69, 9.17) is 6.42 Å². The summed E-state index contributed by atoms with van der Waals surface area (Å²) in [5, 5.41) is 2.44. The molecular weight excluding hydrogens is 809 g/mol. The fraction of sp³-hybridized carbons (Fsp3) is 0.0769. The number of para-hydroxylation sites is 2. The summed E-state index contributed by atoms with van der Waals surface area (Å²) in [6.07, 6.45) is 10.7. The average molecular weight is 857 g/mol. The molecule has 0 aliphatic heterocycles. The number of fused-ring (bicyclic) bond motifs is 9. The molecule has 2 aliphatic carbocycles. The van der Waals surface area contributed by atoms with E-state index < -0.39 is 5.41 Å². The summed E-state index contributed by atoms with van der Waals surface area (Å²) in [6.45, 7) is 6.80. The third-order valence-corrected chi connectivity index (χ3v) is 14.5. The molecule has 1 aromatic heterocycles. The summed E-state index contributed by atoms with van der Waals surface area (Å²) in [4.78, 5) is 2.47. The van der Waals surface area contributed by atoms with Crippen molar-refractivity contribution in [2.24, 2.45) is 0 Å². The van der Waals surface area contributed by atoms with Crippen LogP contribution in [0.25, 0.3) is 55.3 Å². The number of rotatable bonds is 8. The van der Waals surface area contributed by atoms with E-state index in [2.05, 4.69) is 267 Å². The smallest absolute Gasteiger partial charge is 0.0714 e. The molecule has 0 spiro atoms. The van der Waals surface area contributed by atoms with Crippen molar-refractivity contribution in [3.8, 4) is 34.6 Å². The van der Waals surface area contributed by atoms with Gasteiger partial charge in [0, 0.05) is 44.4 Å². The highest BCUT2D eigenvalue weighted by molar-refractivity contribution is 6.11. The monoisotopic (exact) mass is 856 g/mol. The van der Waals surface area contributed by atoms with Gasteiger partial charge in [0.15, 0.2) is 0 Å². The highest BCUT2D eigenvalue weighted by Crippen LogP contribution is 2.60. The van der Waals surface area contributed by atoms with E-state index in [1.807, 2.05) is 0 Å². The van der Waals surface area contributed by atoms with Gasteiger partial charge in [0.2, 0.25) is 0 Å². The first-order chi connectivity index (χ1) is 32.9. The van der Waals surface area contributed by atoms with E-state index in [0.717, 1.165) is 44.9 Å². The van der Waals surface area contributed by atoms with Gasteiger partial charge in [0.25, 0.3) is 0 Å². The molecule has 0 amide bonds. The lowest BCUT2D eigenvalue weighted by Crippen LogP contribution is -2.28. The van der Waals surface area contributed by atoms with Crippen molar-refractivity contribution in [1.82, 2.24) is 4.57 Å². The molecule has 0 fully saturated rings. The maximum absolute atomic E-state index is 6.44. The molecule has 0 N–H and O–H groups in total. The van der Waals surface area contributed by atoms with Crippen LogP contribution >= 0.6 is 0 Å². The molecule has 9 aromatic carbocycles. The van der Waals surface area contributed by atoms with Crippen LogP contribution in [0, 0.1) is 12.3 Å².